The molecule has 7 heteroatoms. The molecule has 0 atom stereocenters. The molecule has 8 aromatic rings. The van der Waals surface area contributed by atoms with Gasteiger partial charge in [0, 0.05) is 43.4 Å². The largest absolute Gasteiger partial charge is 0.360 e. The van der Waals surface area contributed by atoms with E-state index in [-0.39, 0.29) is 25.9 Å². The molecule has 1 radical (unpaired) electrons. The van der Waals surface area contributed by atoms with Gasteiger partial charge in [-0.15, -0.1) is 48.0 Å². The summed E-state index contributed by atoms with van der Waals surface area (Å²) < 4.78 is 19.0. The fourth-order valence-corrected chi connectivity index (χ4v) is 9.37. The summed E-state index contributed by atoms with van der Waals surface area (Å²) in [5, 5.41) is 3.09. The van der Waals surface area contributed by atoms with Gasteiger partial charge in [0.2, 0.25) is 0 Å². The molecule has 0 aliphatic heterocycles. The summed E-state index contributed by atoms with van der Waals surface area (Å²) in [7, 11) is -1.34. The average Bonchev–Trinajstić information content (AvgIpc) is 3.68. The number of halogens is 1. The molecular formula is C44H40FIrN3SSi-2. The second kappa shape index (κ2) is 15.5. The van der Waals surface area contributed by atoms with Crippen LogP contribution in [0.15, 0.2) is 121 Å². The summed E-state index contributed by atoms with van der Waals surface area (Å²) in [5.41, 5.74) is 7.62. The van der Waals surface area contributed by atoms with Crippen LogP contribution in [-0.4, -0.2) is 22.6 Å². The monoisotopic (exact) mass is 882 g/mol. The molecule has 0 fully saturated rings. The van der Waals surface area contributed by atoms with Crippen molar-refractivity contribution in [3.63, 3.8) is 0 Å². The van der Waals surface area contributed by atoms with E-state index in [1.165, 1.54) is 22.4 Å². The molecule has 0 saturated carbocycles. The third-order valence-electron chi connectivity index (χ3n) is 8.88. The molecule has 5 aromatic carbocycles. The molecular weight excluding hydrogens is 842 g/mol. The summed E-state index contributed by atoms with van der Waals surface area (Å²) >= 11 is 1.60. The van der Waals surface area contributed by atoms with Crippen LogP contribution in [0.1, 0.15) is 25.0 Å². The fourth-order valence-electron chi connectivity index (χ4n) is 6.57. The van der Waals surface area contributed by atoms with Gasteiger partial charge in [0.15, 0.2) is 0 Å². The van der Waals surface area contributed by atoms with Crippen molar-refractivity contribution in [3.05, 3.63) is 151 Å². The van der Waals surface area contributed by atoms with Crippen molar-refractivity contribution in [2.75, 3.05) is 0 Å². The molecule has 0 unspecified atom stereocenters. The summed E-state index contributed by atoms with van der Waals surface area (Å²) in [6, 6.07) is 44.7. The van der Waals surface area contributed by atoms with Gasteiger partial charge in [-0.05, 0) is 62.5 Å². The number of thiophene rings is 1. The molecule has 51 heavy (non-hydrogen) atoms. The van der Waals surface area contributed by atoms with Crippen molar-refractivity contribution >= 4 is 55.8 Å². The first-order chi connectivity index (χ1) is 24.2. The van der Waals surface area contributed by atoms with Crippen molar-refractivity contribution in [2.45, 2.75) is 46.5 Å². The van der Waals surface area contributed by atoms with Crippen LogP contribution in [0.2, 0.25) is 19.6 Å². The maximum absolute atomic E-state index is 14.8. The Balaban J connectivity index is 0.000000188. The van der Waals surface area contributed by atoms with Crippen LogP contribution in [0, 0.1) is 23.9 Å². The minimum absolute atomic E-state index is 0. The number of nitrogens with zero attached hydrogens (tertiary/aromatic N) is 3. The Kier molecular flexibility index (Phi) is 11.1. The SMILES string of the molecule is CC(C)Cc1cc(-c2[c-]cccc2)ncc1[Si](C)(C)C.Fc1c[c-]c(-c2nc3ccccc3n2Cc2ccccc2)c2sc3ccccc3c12.[Ir]. The number of pyridine rings is 1. The zero-order valence-electron chi connectivity index (χ0n) is 29.5. The first-order valence-corrected chi connectivity index (χ1v) is 21.5. The minimum Gasteiger partial charge on any atom is -0.360 e. The first-order valence-electron chi connectivity index (χ1n) is 17.1. The normalized spacial score (nSPS) is 11.5. The van der Waals surface area contributed by atoms with Crippen LogP contribution in [0.5, 0.6) is 0 Å². The molecule has 0 saturated heterocycles. The fraction of sp³-hybridized carbons (Fsp3) is 0.182. The number of rotatable bonds is 7. The maximum Gasteiger partial charge on any atom is 0.0798 e. The quantitative estimate of drug-likeness (QED) is 0.118. The Morgan fingerprint density at radius 2 is 1.59 bits per heavy atom. The van der Waals surface area contributed by atoms with Gasteiger partial charge < -0.3 is 9.55 Å². The Hall–Kier alpha value is -4.26. The van der Waals surface area contributed by atoms with Crippen molar-refractivity contribution in [1.29, 1.82) is 0 Å². The number of benzene rings is 5. The number of imidazole rings is 1. The van der Waals surface area contributed by atoms with Gasteiger partial charge in [0.25, 0.3) is 0 Å². The van der Waals surface area contributed by atoms with E-state index >= 15 is 0 Å². The molecule has 0 bridgehead atoms. The van der Waals surface area contributed by atoms with Gasteiger partial charge in [0.05, 0.1) is 24.9 Å². The second-order valence-electron chi connectivity index (χ2n) is 14.2. The predicted octanol–water partition coefficient (Wildman–Crippen LogP) is 11.3. The topological polar surface area (TPSA) is 30.7 Å². The van der Waals surface area contributed by atoms with E-state index in [0.29, 0.717) is 17.8 Å². The standard InChI is InChI=1S/C26H16FN2S.C18H24NSi.Ir/c27-20-15-14-19(25-24(20)18-10-4-7-13-23(18)30-25)26-28-21-11-5-6-12-22(21)29(26)16-17-8-2-1-3-9-17;1-14(2)11-16-12-17(15-9-7-6-8-10-15)19-13-18(16)20(3,4)5;/h1-13,15H,16H2;6-9,12-14H,11H2,1-5H3;/q2*-1;. The Morgan fingerprint density at radius 1 is 0.863 bits per heavy atom. The van der Waals surface area contributed by atoms with Gasteiger partial charge in [0.1, 0.15) is 0 Å². The second-order valence-corrected chi connectivity index (χ2v) is 20.3. The number of aromatic nitrogens is 3. The van der Waals surface area contributed by atoms with Gasteiger partial charge in [-0.3, -0.25) is 9.37 Å². The van der Waals surface area contributed by atoms with Gasteiger partial charge in [-0.1, -0.05) is 111 Å². The van der Waals surface area contributed by atoms with Gasteiger partial charge in [-0.2, -0.15) is 11.3 Å². The Morgan fingerprint density at radius 3 is 2.33 bits per heavy atom. The number of para-hydroxylation sites is 2. The smallest absolute Gasteiger partial charge is 0.0798 e. The number of hydrogen-bond acceptors (Lipinski definition) is 3. The molecule has 0 N–H and O–H groups in total. The molecule has 3 heterocycles. The Bertz CT molecular complexity index is 2410. The average molecular weight is 882 g/mol. The minimum atomic E-state index is -1.34. The van der Waals surface area contributed by atoms with E-state index < -0.39 is 8.07 Å². The van der Waals surface area contributed by atoms with Crippen LogP contribution in [0.3, 0.4) is 0 Å². The summed E-state index contributed by atoms with van der Waals surface area (Å²) in [6.07, 6.45) is 3.24. The predicted molar refractivity (Wildman–Crippen MR) is 212 cm³/mol. The van der Waals surface area contributed by atoms with Crippen molar-refractivity contribution < 1.29 is 24.5 Å². The van der Waals surface area contributed by atoms with E-state index in [1.807, 2.05) is 78.9 Å². The molecule has 0 aliphatic carbocycles. The summed E-state index contributed by atoms with van der Waals surface area (Å²) in [5.74, 6) is 1.24. The number of hydrogen-bond donors (Lipinski definition) is 0. The summed E-state index contributed by atoms with van der Waals surface area (Å²) in [6.45, 7) is 12.4. The van der Waals surface area contributed by atoms with Gasteiger partial charge in [-0.25, -0.2) is 0 Å². The first kappa shape index (κ1) is 36.5. The molecule has 0 amide bonds. The molecule has 3 nitrogen and oxygen atoms in total. The third kappa shape index (κ3) is 7.83. The van der Waals surface area contributed by atoms with Crippen LogP contribution >= 0.6 is 11.3 Å². The Labute approximate surface area is 318 Å². The van der Waals surface area contributed by atoms with Crippen molar-refractivity contribution in [2.24, 2.45) is 5.92 Å². The van der Waals surface area contributed by atoms with E-state index in [9.17, 15) is 4.39 Å². The molecule has 259 valence electrons. The zero-order chi connectivity index (χ0) is 34.8. The molecule has 0 aliphatic rings. The molecule has 0 spiro atoms. The van der Waals surface area contributed by atoms with Crippen LogP contribution in [0.25, 0.3) is 53.9 Å². The maximum atomic E-state index is 14.8. The van der Waals surface area contributed by atoms with Crippen LogP contribution in [0.4, 0.5) is 4.39 Å². The number of fused-ring (bicyclic) bond motifs is 4. The van der Waals surface area contributed by atoms with E-state index in [2.05, 4.69) is 91.7 Å². The zero-order valence-corrected chi connectivity index (χ0v) is 33.7. The summed E-state index contributed by atoms with van der Waals surface area (Å²) in [4.78, 5) is 9.63. The van der Waals surface area contributed by atoms with Crippen molar-refractivity contribution in [3.8, 4) is 22.6 Å². The van der Waals surface area contributed by atoms with Gasteiger partial charge >= 0.3 is 0 Å². The molecule has 3 aromatic heterocycles. The van der Waals surface area contributed by atoms with E-state index in [0.717, 1.165) is 54.9 Å². The van der Waals surface area contributed by atoms with E-state index in [1.54, 1.807) is 11.3 Å². The van der Waals surface area contributed by atoms with Crippen LogP contribution < -0.4 is 5.19 Å². The third-order valence-corrected chi connectivity index (χ3v) is 12.1. The van der Waals surface area contributed by atoms with Crippen LogP contribution in [-0.2, 0) is 33.1 Å². The van der Waals surface area contributed by atoms with Crippen molar-refractivity contribution in [1.82, 2.24) is 14.5 Å². The van der Waals surface area contributed by atoms with E-state index in [4.69, 9.17) is 4.98 Å². The molecule has 8 rings (SSSR count).